The van der Waals surface area contributed by atoms with E-state index in [1.54, 1.807) is 0 Å². The molecule has 0 unspecified atom stereocenters. The minimum absolute atomic E-state index is 0.532. The Morgan fingerprint density at radius 3 is 2.76 bits per heavy atom. The van der Waals surface area contributed by atoms with E-state index in [-0.39, 0.29) is 0 Å². The summed E-state index contributed by atoms with van der Waals surface area (Å²) in [6.45, 7) is 2.10. The molecule has 0 spiro atoms. The zero-order chi connectivity index (χ0) is 14.6. The lowest BCUT2D eigenvalue weighted by atomic mass is 10.1. The van der Waals surface area contributed by atoms with Gasteiger partial charge in [-0.2, -0.15) is 0 Å². The number of imidazole rings is 1. The molecule has 0 radical (unpaired) electrons. The summed E-state index contributed by atoms with van der Waals surface area (Å²) >= 11 is 6.17. The van der Waals surface area contributed by atoms with Gasteiger partial charge in [-0.05, 0) is 55.7 Å². The highest BCUT2D eigenvalue weighted by Gasteiger charge is 2.29. The molecule has 2 N–H and O–H groups in total. The van der Waals surface area contributed by atoms with Gasteiger partial charge in [0.1, 0.15) is 5.82 Å². The fourth-order valence-electron chi connectivity index (χ4n) is 2.84. The zero-order valence-electron chi connectivity index (χ0n) is 11.8. The van der Waals surface area contributed by atoms with E-state index in [4.69, 9.17) is 22.3 Å². The van der Waals surface area contributed by atoms with E-state index in [1.807, 2.05) is 36.4 Å². The number of nitrogens with two attached hydrogens (primary N) is 1. The molecule has 1 aliphatic rings. The number of nitrogen functional groups attached to an aromatic ring is 1. The number of anilines is 1. The normalized spacial score (nSPS) is 14.8. The Balaban J connectivity index is 2.04. The van der Waals surface area contributed by atoms with E-state index in [0.29, 0.717) is 6.04 Å². The Hall–Kier alpha value is -2.00. The molecule has 1 heterocycles. The molecule has 0 bridgehead atoms. The second-order valence-electron chi connectivity index (χ2n) is 5.74. The summed E-state index contributed by atoms with van der Waals surface area (Å²) in [5.74, 6) is 1.000. The third-order valence-corrected chi connectivity index (χ3v) is 4.30. The summed E-state index contributed by atoms with van der Waals surface area (Å²) in [4.78, 5) is 4.84. The van der Waals surface area contributed by atoms with Crippen molar-refractivity contribution in [2.75, 3.05) is 5.73 Å². The predicted molar refractivity (Wildman–Crippen MR) is 87.6 cm³/mol. The fourth-order valence-corrected chi connectivity index (χ4v) is 3.01. The smallest absolute Gasteiger partial charge is 0.141 e. The van der Waals surface area contributed by atoms with Crippen LogP contribution in [0.15, 0.2) is 36.4 Å². The van der Waals surface area contributed by atoms with Crippen molar-refractivity contribution in [2.45, 2.75) is 25.8 Å². The molecule has 1 saturated carbocycles. The predicted octanol–water partition coefficient (Wildman–Crippen LogP) is 4.58. The first-order valence-electron chi connectivity index (χ1n) is 7.17. The van der Waals surface area contributed by atoms with Crippen LogP contribution in [0.4, 0.5) is 5.69 Å². The molecule has 0 saturated heterocycles. The number of nitrogens with zero attached hydrogens (tertiary/aromatic N) is 2. The number of rotatable bonds is 2. The molecule has 3 nitrogen and oxygen atoms in total. The molecule has 1 aromatic heterocycles. The molecule has 106 valence electrons. The SMILES string of the molecule is Cc1ccc(N)cc1-c1nc2ccc(Cl)cc2n1C1CC1. The largest absolute Gasteiger partial charge is 0.399 e. The summed E-state index contributed by atoms with van der Waals surface area (Å²) in [5, 5.41) is 0.750. The van der Waals surface area contributed by atoms with Crippen LogP contribution in [0.25, 0.3) is 22.4 Å². The molecule has 4 heteroatoms. The highest BCUT2D eigenvalue weighted by molar-refractivity contribution is 6.31. The van der Waals surface area contributed by atoms with Gasteiger partial charge in [-0.3, -0.25) is 0 Å². The minimum atomic E-state index is 0.532. The van der Waals surface area contributed by atoms with Gasteiger partial charge in [0.05, 0.1) is 11.0 Å². The summed E-state index contributed by atoms with van der Waals surface area (Å²) in [6.07, 6.45) is 2.40. The molecule has 0 amide bonds. The van der Waals surface area contributed by atoms with E-state index in [0.717, 1.165) is 33.1 Å². The lowest BCUT2D eigenvalue weighted by molar-refractivity contribution is 0.775. The molecule has 2 aromatic carbocycles. The van der Waals surface area contributed by atoms with Gasteiger partial charge in [0, 0.05) is 22.3 Å². The summed E-state index contributed by atoms with van der Waals surface area (Å²) in [7, 11) is 0. The van der Waals surface area contributed by atoms with Crippen LogP contribution >= 0.6 is 11.6 Å². The first-order valence-corrected chi connectivity index (χ1v) is 7.55. The van der Waals surface area contributed by atoms with Crippen molar-refractivity contribution >= 4 is 28.3 Å². The Morgan fingerprint density at radius 1 is 1.19 bits per heavy atom. The van der Waals surface area contributed by atoms with Crippen molar-refractivity contribution in [3.05, 3.63) is 47.0 Å². The van der Waals surface area contributed by atoms with Crippen molar-refractivity contribution in [3.63, 3.8) is 0 Å². The average molecular weight is 298 g/mol. The summed E-state index contributed by atoms with van der Waals surface area (Å²) < 4.78 is 2.32. The first kappa shape index (κ1) is 12.7. The van der Waals surface area contributed by atoms with Gasteiger partial charge in [0.2, 0.25) is 0 Å². The summed E-state index contributed by atoms with van der Waals surface area (Å²) in [6, 6.07) is 12.4. The van der Waals surface area contributed by atoms with Gasteiger partial charge in [-0.25, -0.2) is 4.98 Å². The van der Waals surface area contributed by atoms with Crippen LogP contribution in [0, 0.1) is 6.92 Å². The Morgan fingerprint density at radius 2 is 2.00 bits per heavy atom. The van der Waals surface area contributed by atoms with Crippen LogP contribution in [-0.4, -0.2) is 9.55 Å². The molecule has 3 aromatic rings. The monoisotopic (exact) mass is 297 g/mol. The van der Waals surface area contributed by atoms with Crippen molar-refractivity contribution in [1.29, 1.82) is 0 Å². The minimum Gasteiger partial charge on any atom is -0.399 e. The van der Waals surface area contributed by atoms with Crippen LogP contribution in [0.3, 0.4) is 0 Å². The van der Waals surface area contributed by atoms with Gasteiger partial charge < -0.3 is 10.3 Å². The Bertz CT molecular complexity index is 847. The lowest BCUT2D eigenvalue weighted by Crippen LogP contribution is -1.99. The zero-order valence-corrected chi connectivity index (χ0v) is 12.6. The third-order valence-electron chi connectivity index (χ3n) is 4.07. The van der Waals surface area contributed by atoms with Crippen molar-refractivity contribution < 1.29 is 0 Å². The molecular formula is C17H16ClN3. The van der Waals surface area contributed by atoms with Gasteiger partial charge in [0.25, 0.3) is 0 Å². The maximum Gasteiger partial charge on any atom is 0.141 e. The molecule has 0 atom stereocenters. The maximum absolute atomic E-state index is 6.17. The highest BCUT2D eigenvalue weighted by atomic mass is 35.5. The van der Waals surface area contributed by atoms with Crippen LogP contribution in [0.2, 0.25) is 5.02 Å². The highest BCUT2D eigenvalue weighted by Crippen LogP contribution is 2.42. The Kier molecular flexibility index (Phi) is 2.73. The molecule has 21 heavy (non-hydrogen) atoms. The van der Waals surface area contributed by atoms with E-state index in [9.17, 15) is 0 Å². The van der Waals surface area contributed by atoms with Crippen LogP contribution in [-0.2, 0) is 0 Å². The molecule has 4 rings (SSSR count). The number of hydrogen-bond acceptors (Lipinski definition) is 2. The van der Waals surface area contributed by atoms with Gasteiger partial charge in [-0.15, -0.1) is 0 Å². The van der Waals surface area contributed by atoms with E-state index < -0.39 is 0 Å². The van der Waals surface area contributed by atoms with Crippen molar-refractivity contribution in [2.24, 2.45) is 0 Å². The number of halogens is 1. The van der Waals surface area contributed by atoms with Gasteiger partial charge in [-0.1, -0.05) is 17.7 Å². The quantitative estimate of drug-likeness (QED) is 0.703. The second-order valence-corrected chi connectivity index (χ2v) is 6.18. The Labute approximate surface area is 128 Å². The van der Waals surface area contributed by atoms with Gasteiger partial charge in [0.15, 0.2) is 0 Å². The van der Waals surface area contributed by atoms with E-state index >= 15 is 0 Å². The maximum atomic E-state index is 6.17. The molecule has 1 fully saturated rings. The number of aromatic nitrogens is 2. The number of benzene rings is 2. The van der Waals surface area contributed by atoms with Gasteiger partial charge >= 0.3 is 0 Å². The molecule has 0 aliphatic heterocycles. The second kappa shape index (κ2) is 4.50. The number of aryl methyl sites for hydroxylation is 1. The van der Waals surface area contributed by atoms with E-state index in [1.165, 1.54) is 18.4 Å². The van der Waals surface area contributed by atoms with Crippen LogP contribution in [0.5, 0.6) is 0 Å². The molecular weight excluding hydrogens is 282 g/mol. The fraction of sp³-hybridized carbons (Fsp3) is 0.235. The standard InChI is InChI=1S/C17H16ClN3/c1-10-2-4-12(19)9-14(10)17-20-15-7-3-11(18)8-16(15)21(17)13-5-6-13/h2-4,7-9,13H,5-6,19H2,1H3. The third kappa shape index (κ3) is 2.09. The first-order chi connectivity index (χ1) is 10.1. The van der Waals surface area contributed by atoms with Crippen molar-refractivity contribution in [1.82, 2.24) is 9.55 Å². The lowest BCUT2D eigenvalue weighted by Gasteiger charge is -2.10. The van der Waals surface area contributed by atoms with Crippen LogP contribution < -0.4 is 5.73 Å². The summed E-state index contributed by atoms with van der Waals surface area (Å²) in [5.41, 5.74) is 11.1. The topological polar surface area (TPSA) is 43.8 Å². The number of fused-ring (bicyclic) bond motifs is 1. The average Bonchev–Trinajstić information content (AvgIpc) is 3.22. The number of hydrogen-bond donors (Lipinski definition) is 1. The molecule has 1 aliphatic carbocycles. The van der Waals surface area contributed by atoms with Crippen molar-refractivity contribution in [3.8, 4) is 11.4 Å². The van der Waals surface area contributed by atoms with Crippen LogP contribution in [0.1, 0.15) is 24.4 Å². The van der Waals surface area contributed by atoms with E-state index in [2.05, 4.69) is 11.5 Å².